The Bertz CT molecular complexity index is 2690. The number of aromatic nitrogens is 2. The van der Waals surface area contributed by atoms with E-state index < -0.39 is 0 Å². The van der Waals surface area contributed by atoms with Gasteiger partial charge in [0.05, 0.1) is 51.0 Å². The highest BCUT2D eigenvalue weighted by Crippen LogP contribution is 2.39. The zero-order valence-corrected chi connectivity index (χ0v) is 25.8. The van der Waals surface area contributed by atoms with Crippen LogP contribution in [0.15, 0.2) is 158 Å². The van der Waals surface area contributed by atoms with Crippen LogP contribution in [-0.2, 0) is 0 Å². The van der Waals surface area contributed by atoms with Gasteiger partial charge in [-0.3, -0.25) is 0 Å². The third-order valence-electron chi connectivity index (χ3n) is 9.42. The summed E-state index contributed by atoms with van der Waals surface area (Å²) in [5.41, 5.74) is 11.2. The Hall–Kier alpha value is -6.88. The van der Waals surface area contributed by atoms with E-state index in [1.54, 1.807) is 0 Å². The first kappa shape index (κ1) is 27.4. The summed E-state index contributed by atoms with van der Waals surface area (Å²) in [6.45, 7) is 0. The van der Waals surface area contributed by atoms with Crippen LogP contribution < -0.4 is 0 Å². The molecule has 0 N–H and O–H groups in total. The standard InChI is InChI=1S/C44H26N4/c45-27-29-17-24-44(48-42-15-7-3-11-37(42)38-12-4-8-16-43(38)48)39(25-29)34-23-20-31(26-32(34)28-46)30-18-21-33(22-19-30)47-40-13-5-1-9-35(40)36-10-2-6-14-41(36)47/h1-26H. The van der Waals surface area contributed by atoms with Crippen molar-refractivity contribution in [2.24, 2.45) is 0 Å². The minimum atomic E-state index is 0.545. The average molecular weight is 611 g/mol. The average Bonchev–Trinajstić information content (AvgIpc) is 3.67. The number of fused-ring (bicyclic) bond motifs is 6. The number of benzene rings is 7. The second kappa shape index (κ2) is 10.9. The summed E-state index contributed by atoms with van der Waals surface area (Å²) in [6, 6.07) is 58.8. The number of hydrogen-bond donors (Lipinski definition) is 0. The summed E-state index contributed by atoms with van der Waals surface area (Å²) in [7, 11) is 0. The number of nitriles is 2. The quantitative estimate of drug-likeness (QED) is 0.199. The molecule has 0 radical (unpaired) electrons. The van der Waals surface area contributed by atoms with E-state index in [9.17, 15) is 10.5 Å². The van der Waals surface area contributed by atoms with Crippen LogP contribution in [0.4, 0.5) is 0 Å². The maximum absolute atomic E-state index is 10.5. The predicted octanol–water partition coefficient (Wildman–Crippen LogP) is 11.0. The summed E-state index contributed by atoms with van der Waals surface area (Å²) in [6.07, 6.45) is 0. The molecule has 222 valence electrons. The van der Waals surface area contributed by atoms with E-state index in [1.165, 1.54) is 21.8 Å². The molecule has 0 unspecified atom stereocenters. The van der Waals surface area contributed by atoms with Crippen molar-refractivity contribution in [1.82, 2.24) is 9.13 Å². The van der Waals surface area contributed by atoms with Crippen LogP contribution in [0.3, 0.4) is 0 Å². The van der Waals surface area contributed by atoms with Crippen LogP contribution in [0.2, 0.25) is 0 Å². The van der Waals surface area contributed by atoms with E-state index in [0.29, 0.717) is 11.1 Å². The topological polar surface area (TPSA) is 57.4 Å². The minimum Gasteiger partial charge on any atom is -0.309 e. The monoisotopic (exact) mass is 610 g/mol. The van der Waals surface area contributed by atoms with Gasteiger partial charge in [-0.1, -0.05) is 97.1 Å². The van der Waals surface area contributed by atoms with Crippen molar-refractivity contribution in [1.29, 1.82) is 10.5 Å². The van der Waals surface area contributed by atoms with Gasteiger partial charge in [0.2, 0.25) is 0 Å². The molecule has 2 aromatic heterocycles. The van der Waals surface area contributed by atoms with Crippen molar-refractivity contribution in [2.45, 2.75) is 0 Å². The van der Waals surface area contributed by atoms with E-state index >= 15 is 0 Å². The Morgan fingerprint density at radius 1 is 0.396 bits per heavy atom. The van der Waals surface area contributed by atoms with Crippen LogP contribution in [0.25, 0.3) is 77.2 Å². The van der Waals surface area contributed by atoms with Crippen molar-refractivity contribution in [3.63, 3.8) is 0 Å². The summed E-state index contributed by atoms with van der Waals surface area (Å²) < 4.78 is 4.54. The molecule has 4 heteroatoms. The van der Waals surface area contributed by atoms with Crippen molar-refractivity contribution >= 4 is 43.6 Å². The molecule has 7 aromatic carbocycles. The van der Waals surface area contributed by atoms with Gasteiger partial charge in [0.15, 0.2) is 0 Å². The Balaban J connectivity index is 1.17. The molecule has 0 aliphatic carbocycles. The van der Waals surface area contributed by atoms with Gasteiger partial charge in [-0.25, -0.2) is 0 Å². The summed E-state index contributed by atoms with van der Waals surface area (Å²) >= 11 is 0. The fraction of sp³-hybridized carbons (Fsp3) is 0. The Kier molecular flexibility index (Phi) is 6.22. The molecule has 0 atom stereocenters. The fourth-order valence-corrected chi connectivity index (χ4v) is 7.25. The third-order valence-corrected chi connectivity index (χ3v) is 9.42. The second-order valence-electron chi connectivity index (χ2n) is 12.0. The van der Waals surface area contributed by atoms with Crippen LogP contribution >= 0.6 is 0 Å². The summed E-state index contributed by atoms with van der Waals surface area (Å²) in [5.74, 6) is 0. The van der Waals surface area contributed by atoms with Gasteiger partial charge >= 0.3 is 0 Å². The van der Waals surface area contributed by atoms with Gasteiger partial charge in [-0.2, -0.15) is 10.5 Å². The number of rotatable bonds is 4. The number of hydrogen-bond acceptors (Lipinski definition) is 2. The van der Waals surface area contributed by atoms with E-state index in [2.05, 4.69) is 137 Å². The first-order valence-corrected chi connectivity index (χ1v) is 15.9. The molecule has 48 heavy (non-hydrogen) atoms. The molecule has 4 nitrogen and oxygen atoms in total. The summed E-state index contributed by atoms with van der Waals surface area (Å²) in [4.78, 5) is 0. The molecule has 0 amide bonds. The highest BCUT2D eigenvalue weighted by molar-refractivity contribution is 6.10. The van der Waals surface area contributed by atoms with Gasteiger partial charge in [0.25, 0.3) is 0 Å². The van der Waals surface area contributed by atoms with Crippen LogP contribution in [0.5, 0.6) is 0 Å². The highest BCUT2D eigenvalue weighted by atomic mass is 15.0. The lowest BCUT2D eigenvalue weighted by molar-refractivity contribution is 1.18. The first-order chi connectivity index (χ1) is 23.7. The maximum atomic E-state index is 10.5. The molecule has 9 rings (SSSR count). The minimum absolute atomic E-state index is 0.545. The first-order valence-electron chi connectivity index (χ1n) is 15.9. The SMILES string of the molecule is N#Cc1ccc(-n2c3ccccc3c3ccccc32)c(-c2ccc(-c3ccc(-n4c5ccccc5c5ccccc54)cc3)cc2C#N)c1. The normalized spacial score (nSPS) is 11.3. The smallest absolute Gasteiger partial charge is 0.0998 e. The van der Waals surface area contributed by atoms with Crippen LogP contribution in [-0.4, -0.2) is 9.13 Å². The largest absolute Gasteiger partial charge is 0.309 e. The van der Waals surface area contributed by atoms with Gasteiger partial charge in [-0.15, -0.1) is 0 Å². The predicted molar refractivity (Wildman–Crippen MR) is 195 cm³/mol. The molecule has 2 heterocycles. The fourth-order valence-electron chi connectivity index (χ4n) is 7.25. The van der Waals surface area contributed by atoms with Gasteiger partial charge in [-0.05, 0) is 71.8 Å². The lowest BCUT2D eigenvalue weighted by atomic mass is 9.93. The molecular weight excluding hydrogens is 585 g/mol. The molecule has 0 aliphatic heterocycles. The van der Waals surface area contributed by atoms with E-state index in [0.717, 1.165) is 55.4 Å². The van der Waals surface area contributed by atoms with E-state index in [4.69, 9.17) is 0 Å². The molecule has 0 saturated heterocycles. The van der Waals surface area contributed by atoms with Crippen molar-refractivity contribution in [2.75, 3.05) is 0 Å². The van der Waals surface area contributed by atoms with E-state index in [1.807, 2.05) is 42.5 Å². The lowest BCUT2D eigenvalue weighted by Crippen LogP contribution is -1.99. The molecule has 0 saturated carbocycles. The molecule has 0 spiro atoms. The van der Waals surface area contributed by atoms with Crippen molar-refractivity contribution < 1.29 is 0 Å². The van der Waals surface area contributed by atoms with Crippen molar-refractivity contribution in [3.8, 4) is 45.8 Å². The van der Waals surface area contributed by atoms with E-state index in [-0.39, 0.29) is 0 Å². The summed E-state index contributed by atoms with van der Waals surface area (Å²) in [5, 5.41) is 25.1. The highest BCUT2D eigenvalue weighted by Gasteiger charge is 2.18. The number of nitrogens with zero attached hydrogens (tertiary/aromatic N) is 4. The Labute approximate surface area is 277 Å². The zero-order chi connectivity index (χ0) is 32.2. The van der Waals surface area contributed by atoms with Crippen molar-refractivity contribution in [3.05, 3.63) is 169 Å². The molecular formula is C44H26N4. The van der Waals surface area contributed by atoms with Crippen LogP contribution in [0.1, 0.15) is 11.1 Å². The zero-order valence-electron chi connectivity index (χ0n) is 25.8. The molecule has 0 bridgehead atoms. The van der Waals surface area contributed by atoms with Crippen LogP contribution in [0, 0.1) is 22.7 Å². The second-order valence-corrected chi connectivity index (χ2v) is 12.0. The maximum Gasteiger partial charge on any atom is 0.0998 e. The molecule has 0 fully saturated rings. The third kappa shape index (κ3) is 4.14. The van der Waals surface area contributed by atoms with Gasteiger partial charge < -0.3 is 9.13 Å². The Morgan fingerprint density at radius 2 is 0.896 bits per heavy atom. The van der Waals surface area contributed by atoms with Gasteiger partial charge in [0, 0.05) is 38.4 Å². The molecule has 0 aliphatic rings. The van der Waals surface area contributed by atoms with Gasteiger partial charge in [0.1, 0.15) is 0 Å². The molecule has 9 aromatic rings. The number of para-hydroxylation sites is 4. The Morgan fingerprint density at radius 3 is 1.42 bits per heavy atom. The lowest BCUT2D eigenvalue weighted by Gasteiger charge is -2.16.